The predicted octanol–water partition coefficient (Wildman–Crippen LogP) is 8.30. The second-order valence-corrected chi connectivity index (χ2v) is 11.3. The summed E-state index contributed by atoms with van der Waals surface area (Å²) in [6.45, 7) is 14.6. The molecule has 0 bridgehead atoms. The van der Waals surface area contributed by atoms with Crippen molar-refractivity contribution in [2.75, 3.05) is 5.32 Å². The topological polar surface area (TPSA) is 95.2 Å². The number of thiophene rings is 1. The van der Waals surface area contributed by atoms with Crippen LogP contribution in [0.4, 0.5) is 5.69 Å². The zero-order valence-corrected chi connectivity index (χ0v) is 23.0. The van der Waals surface area contributed by atoms with Crippen LogP contribution in [0.15, 0.2) is 79.9 Å². The van der Waals surface area contributed by atoms with Crippen LogP contribution in [0.1, 0.15) is 32.1 Å². The van der Waals surface area contributed by atoms with Crippen LogP contribution < -0.4 is 5.32 Å². The molecular weight excluding hydrogens is 502 g/mol. The van der Waals surface area contributed by atoms with Crippen molar-refractivity contribution >= 4 is 44.5 Å². The molecule has 0 atom stereocenters. The lowest BCUT2D eigenvalue weighted by Gasteiger charge is -2.12. The van der Waals surface area contributed by atoms with Gasteiger partial charge in [-0.25, -0.2) is 4.98 Å². The summed E-state index contributed by atoms with van der Waals surface area (Å²) in [6.07, 6.45) is 6.36. The van der Waals surface area contributed by atoms with Crippen LogP contribution in [0.3, 0.4) is 0 Å². The van der Waals surface area contributed by atoms with Crippen LogP contribution in [0.5, 0.6) is 0 Å². The van der Waals surface area contributed by atoms with Crippen LogP contribution in [-0.4, -0.2) is 30.1 Å². The van der Waals surface area contributed by atoms with Gasteiger partial charge in [-0.05, 0) is 67.3 Å². The van der Waals surface area contributed by atoms with E-state index in [0.717, 1.165) is 83.4 Å². The third kappa shape index (κ3) is 4.86. The Labute approximate surface area is 230 Å². The lowest BCUT2D eigenvalue weighted by atomic mass is 10.1. The van der Waals surface area contributed by atoms with Crippen molar-refractivity contribution < 1.29 is 0 Å². The van der Waals surface area contributed by atoms with Gasteiger partial charge in [0, 0.05) is 39.4 Å². The molecule has 0 aromatic carbocycles. The lowest BCUT2D eigenvalue weighted by Crippen LogP contribution is -2.02. The highest BCUT2D eigenvalue weighted by molar-refractivity contribution is 7.16. The van der Waals surface area contributed by atoms with Crippen molar-refractivity contribution in [1.82, 2.24) is 30.1 Å². The number of hydrogen-bond donors (Lipinski definition) is 3. The summed E-state index contributed by atoms with van der Waals surface area (Å²) in [6, 6.07) is 14.3. The van der Waals surface area contributed by atoms with Crippen molar-refractivity contribution in [2.24, 2.45) is 5.92 Å². The Bertz CT molecular complexity index is 1850. The Balaban J connectivity index is 1.37. The van der Waals surface area contributed by atoms with Gasteiger partial charge < -0.3 is 10.3 Å². The normalized spacial score (nSPS) is 11.5. The minimum atomic E-state index is 0.528. The first-order chi connectivity index (χ1) is 18.9. The van der Waals surface area contributed by atoms with Gasteiger partial charge in [0.25, 0.3) is 0 Å². The molecule has 39 heavy (non-hydrogen) atoms. The van der Waals surface area contributed by atoms with Gasteiger partial charge in [-0.2, -0.15) is 5.10 Å². The number of nitrogens with zero attached hydrogens (tertiary/aromatic N) is 4. The van der Waals surface area contributed by atoms with E-state index >= 15 is 0 Å². The summed E-state index contributed by atoms with van der Waals surface area (Å²) in [5, 5.41) is 12.2. The van der Waals surface area contributed by atoms with Gasteiger partial charge in [0.05, 0.1) is 39.4 Å². The van der Waals surface area contributed by atoms with Crippen molar-refractivity contribution in [3.05, 3.63) is 84.8 Å². The van der Waals surface area contributed by atoms with E-state index < -0.39 is 0 Å². The van der Waals surface area contributed by atoms with E-state index in [4.69, 9.17) is 9.97 Å². The summed E-state index contributed by atoms with van der Waals surface area (Å²) in [5.41, 5.74) is 9.88. The van der Waals surface area contributed by atoms with E-state index in [0.29, 0.717) is 5.92 Å². The second-order valence-electron chi connectivity index (χ2n) is 10.2. The molecule has 3 N–H and O–H groups in total. The Morgan fingerprint density at radius 2 is 1.90 bits per heavy atom. The molecule has 7 nitrogen and oxygen atoms in total. The number of H-pyrrole nitrogens is 2. The molecule has 6 aromatic heterocycles. The first-order valence-electron chi connectivity index (χ1n) is 12.8. The monoisotopic (exact) mass is 531 g/mol. The standard InChI is InChI=1S/C31H29N7S/c1-17(2)12-19(5)34-21-13-20(15-32-16-21)23-6-7-25-30(36-23)31(38-37-25)26-14-22-24(35-26)10-11-33-29(22)28-9-8-27(39-28)18(3)4/h6-11,13-17,34-35H,3,5,12H2,1-2,4H3,(H,37,38). The Kier molecular flexibility index (Phi) is 6.32. The van der Waals surface area contributed by atoms with Crippen molar-refractivity contribution in [3.8, 4) is 33.2 Å². The largest absolute Gasteiger partial charge is 0.358 e. The molecule has 0 unspecified atom stereocenters. The molecule has 0 amide bonds. The fraction of sp³-hybridized carbons (Fsp3) is 0.161. The van der Waals surface area contributed by atoms with E-state index in [1.54, 1.807) is 17.5 Å². The molecule has 0 aliphatic heterocycles. The fourth-order valence-corrected chi connectivity index (χ4v) is 5.66. The summed E-state index contributed by atoms with van der Waals surface area (Å²) < 4.78 is 0. The van der Waals surface area contributed by atoms with Crippen LogP contribution in [0, 0.1) is 5.92 Å². The maximum atomic E-state index is 5.00. The maximum Gasteiger partial charge on any atom is 0.135 e. The van der Waals surface area contributed by atoms with Gasteiger partial charge >= 0.3 is 0 Å². The van der Waals surface area contributed by atoms with Crippen LogP contribution in [0.2, 0.25) is 0 Å². The van der Waals surface area contributed by atoms with Gasteiger partial charge in [0.2, 0.25) is 0 Å². The minimum absolute atomic E-state index is 0.528. The van der Waals surface area contributed by atoms with Gasteiger partial charge in [-0.15, -0.1) is 11.3 Å². The van der Waals surface area contributed by atoms with E-state index in [1.807, 2.05) is 43.6 Å². The van der Waals surface area contributed by atoms with Gasteiger partial charge in [0.1, 0.15) is 11.2 Å². The molecule has 6 heterocycles. The SMILES string of the molecule is C=C(CC(C)C)Nc1cncc(-c2ccc3[nH]nc(-c4cc5c(-c6ccc(C(=C)C)s6)nccc5[nH]4)c3n2)c1. The summed E-state index contributed by atoms with van der Waals surface area (Å²) in [4.78, 5) is 19.9. The Morgan fingerprint density at radius 1 is 1.03 bits per heavy atom. The molecular formula is C31H29N7S. The van der Waals surface area contributed by atoms with Gasteiger partial charge in [0.15, 0.2) is 0 Å². The number of anilines is 1. The fourth-order valence-electron chi connectivity index (χ4n) is 4.72. The number of hydrogen-bond acceptors (Lipinski definition) is 6. The average molecular weight is 532 g/mol. The predicted molar refractivity (Wildman–Crippen MR) is 162 cm³/mol. The molecule has 0 saturated carbocycles. The second kappa shape index (κ2) is 9.96. The lowest BCUT2D eigenvalue weighted by molar-refractivity contribution is 0.645. The number of fused-ring (bicyclic) bond motifs is 2. The molecule has 0 aliphatic rings. The summed E-state index contributed by atoms with van der Waals surface area (Å²) in [7, 11) is 0. The van der Waals surface area contributed by atoms with E-state index in [-0.39, 0.29) is 0 Å². The molecule has 0 radical (unpaired) electrons. The average Bonchev–Trinajstić information content (AvgIpc) is 3.65. The minimum Gasteiger partial charge on any atom is -0.358 e. The molecule has 0 spiro atoms. The third-order valence-electron chi connectivity index (χ3n) is 6.48. The maximum absolute atomic E-state index is 5.00. The highest BCUT2D eigenvalue weighted by Gasteiger charge is 2.17. The number of allylic oxidation sites excluding steroid dienone is 2. The zero-order chi connectivity index (χ0) is 27.1. The quantitative estimate of drug-likeness (QED) is 0.184. The number of pyridine rings is 3. The van der Waals surface area contributed by atoms with Gasteiger partial charge in [-0.3, -0.25) is 15.1 Å². The van der Waals surface area contributed by atoms with E-state index in [2.05, 4.69) is 70.7 Å². The van der Waals surface area contributed by atoms with Crippen molar-refractivity contribution in [3.63, 3.8) is 0 Å². The third-order valence-corrected chi connectivity index (χ3v) is 7.73. The molecule has 194 valence electrons. The molecule has 0 aliphatic carbocycles. The first-order valence-corrected chi connectivity index (χ1v) is 13.7. The molecule has 6 aromatic rings. The Hall–Kier alpha value is -4.56. The van der Waals surface area contributed by atoms with E-state index in [1.165, 1.54) is 0 Å². The van der Waals surface area contributed by atoms with Gasteiger partial charge in [-0.1, -0.05) is 27.0 Å². The number of aromatic nitrogens is 6. The number of rotatable bonds is 8. The van der Waals surface area contributed by atoms with Crippen LogP contribution in [-0.2, 0) is 0 Å². The van der Waals surface area contributed by atoms with Crippen LogP contribution in [0.25, 0.3) is 60.7 Å². The summed E-state index contributed by atoms with van der Waals surface area (Å²) in [5.74, 6) is 0.528. The van der Waals surface area contributed by atoms with Crippen molar-refractivity contribution in [2.45, 2.75) is 27.2 Å². The van der Waals surface area contributed by atoms with E-state index in [9.17, 15) is 0 Å². The molecule has 6 rings (SSSR count). The Morgan fingerprint density at radius 3 is 2.69 bits per heavy atom. The van der Waals surface area contributed by atoms with Crippen LogP contribution >= 0.6 is 11.3 Å². The number of aromatic amines is 2. The summed E-state index contributed by atoms with van der Waals surface area (Å²) >= 11 is 1.70. The zero-order valence-electron chi connectivity index (χ0n) is 22.2. The molecule has 0 fully saturated rings. The molecule has 8 heteroatoms. The highest BCUT2D eigenvalue weighted by atomic mass is 32.1. The van der Waals surface area contributed by atoms with Crippen molar-refractivity contribution in [1.29, 1.82) is 0 Å². The smallest absolute Gasteiger partial charge is 0.135 e. The molecule has 0 saturated heterocycles. The first kappa shape index (κ1) is 24.8. The highest BCUT2D eigenvalue weighted by Crippen LogP contribution is 2.37. The number of nitrogens with one attached hydrogen (secondary N) is 3.